The van der Waals surface area contributed by atoms with Crippen molar-refractivity contribution in [2.45, 2.75) is 26.2 Å². The topological polar surface area (TPSA) is 49.6 Å². The first-order chi connectivity index (χ1) is 14.0. The molecular formula is C23H24ClN3O2. The lowest BCUT2D eigenvalue weighted by Gasteiger charge is -2.41. The number of halogens is 1. The summed E-state index contributed by atoms with van der Waals surface area (Å²) in [6.07, 6.45) is 3.11. The number of anilines is 1. The van der Waals surface area contributed by atoms with E-state index >= 15 is 0 Å². The van der Waals surface area contributed by atoms with Crippen LogP contribution in [0.2, 0.25) is 5.02 Å². The summed E-state index contributed by atoms with van der Waals surface area (Å²) in [5, 5.41) is 18.5. The standard InChI is InChI=1S/C23H24ClN3O2/c1-17-8-9-18(21(24)16-17)12-15-25-13-4-5-14-26(25)22-10-11-23(27(28)29)20-7-3-2-6-19(20)22/h2-3,6-11,16H,4-5,12-15H2,1H3. The van der Waals surface area contributed by atoms with Crippen LogP contribution in [0.15, 0.2) is 54.6 Å². The maximum atomic E-state index is 11.5. The molecule has 5 nitrogen and oxygen atoms in total. The van der Waals surface area contributed by atoms with Gasteiger partial charge in [0.15, 0.2) is 0 Å². The van der Waals surface area contributed by atoms with Crippen LogP contribution in [0.4, 0.5) is 11.4 Å². The fraction of sp³-hybridized carbons (Fsp3) is 0.304. The Hall–Kier alpha value is -2.63. The Bertz CT molecular complexity index is 1050. The first-order valence-electron chi connectivity index (χ1n) is 9.98. The molecule has 6 heteroatoms. The number of aryl methyl sites for hydroxylation is 1. The highest BCUT2D eigenvalue weighted by Crippen LogP contribution is 2.35. The van der Waals surface area contributed by atoms with Crippen molar-refractivity contribution in [2.24, 2.45) is 0 Å². The van der Waals surface area contributed by atoms with Gasteiger partial charge >= 0.3 is 0 Å². The van der Waals surface area contributed by atoms with Crippen LogP contribution in [-0.2, 0) is 6.42 Å². The molecule has 3 aromatic carbocycles. The third-order valence-electron chi connectivity index (χ3n) is 5.58. The average Bonchev–Trinajstić information content (AvgIpc) is 2.72. The first-order valence-corrected chi connectivity index (χ1v) is 10.4. The van der Waals surface area contributed by atoms with Crippen molar-refractivity contribution in [3.05, 3.63) is 80.9 Å². The Kier molecular flexibility index (Phi) is 5.69. The fourth-order valence-electron chi connectivity index (χ4n) is 4.08. The van der Waals surface area contributed by atoms with Crippen molar-refractivity contribution in [1.29, 1.82) is 0 Å². The first kappa shape index (κ1) is 19.7. The van der Waals surface area contributed by atoms with E-state index in [2.05, 4.69) is 22.2 Å². The molecule has 0 spiro atoms. The highest BCUT2D eigenvalue weighted by atomic mass is 35.5. The van der Waals surface area contributed by atoms with Crippen LogP contribution < -0.4 is 5.01 Å². The minimum atomic E-state index is -0.306. The molecule has 150 valence electrons. The van der Waals surface area contributed by atoms with E-state index in [0.717, 1.165) is 66.1 Å². The van der Waals surface area contributed by atoms with Gasteiger partial charge in [0, 0.05) is 36.1 Å². The molecule has 3 aromatic rings. The molecule has 0 aromatic heterocycles. The lowest BCUT2D eigenvalue weighted by Crippen LogP contribution is -2.48. The van der Waals surface area contributed by atoms with E-state index in [4.69, 9.17) is 11.6 Å². The van der Waals surface area contributed by atoms with Crippen LogP contribution in [0.5, 0.6) is 0 Å². The number of hydrogen-bond acceptors (Lipinski definition) is 4. The Labute approximate surface area is 175 Å². The van der Waals surface area contributed by atoms with Crippen molar-refractivity contribution < 1.29 is 4.92 Å². The molecule has 1 aliphatic rings. The molecule has 0 radical (unpaired) electrons. The summed E-state index contributed by atoms with van der Waals surface area (Å²) in [5.41, 5.74) is 3.49. The zero-order valence-electron chi connectivity index (χ0n) is 16.5. The summed E-state index contributed by atoms with van der Waals surface area (Å²) in [4.78, 5) is 11.1. The van der Waals surface area contributed by atoms with E-state index in [-0.39, 0.29) is 10.6 Å². The maximum Gasteiger partial charge on any atom is 0.277 e. The van der Waals surface area contributed by atoms with Gasteiger partial charge in [0.2, 0.25) is 0 Å². The second-order valence-electron chi connectivity index (χ2n) is 7.54. The van der Waals surface area contributed by atoms with E-state index in [1.165, 1.54) is 0 Å². The highest BCUT2D eigenvalue weighted by molar-refractivity contribution is 6.31. The molecule has 0 bridgehead atoms. The van der Waals surface area contributed by atoms with E-state index in [0.29, 0.717) is 5.39 Å². The minimum absolute atomic E-state index is 0.152. The van der Waals surface area contributed by atoms with E-state index in [1.807, 2.05) is 43.3 Å². The summed E-state index contributed by atoms with van der Waals surface area (Å²) in [6, 6.07) is 17.3. The van der Waals surface area contributed by atoms with Crippen LogP contribution in [0.3, 0.4) is 0 Å². The van der Waals surface area contributed by atoms with Gasteiger partial charge in [0.05, 0.1) is 16.0 Å². The number of nitro groups is 1. The van der Waals surface area contributed by atoms with Crippen LogP contribution >= 0.6 is 11.6 Å². The number of hydrazine groups is 1. The van der Waals surface area contributed by atoms with Crippen molar-refractivity contribution >= 4 is 33.7 Å². The van der Waals surface area contributed by atoms with Gasteiger partial charge in [-0.2, -0.15) is 0 Å². The predicted octanol–water partition coefficient (Wildman–Crippen LogP) is 5.77. The van der Waals surface area contributed by atoms with E-state index in [1.54, 1.807) is 6.07 Å². The molecular weight excluding hydrogens is 386 g/mol. The number of rotatable bonds is 5. The minimum Gasteiger partial charge on any atom is -0.305 e. The van der Waals surface area contributed by atoms with Crippen LogP contribution in [0.1, 0.15) is 24.0 Å². The van der Waals surface area contributed by atoms with Crippen molar-refractivity contribution in [3.63, 3.8) is 0 Å². The molecule has 0 N–H and O–H groups in total. The zero-order chi connectivity index (χ0) is 20.4. The van der Waals surface area contributed by atoms with Crippen molar-refractivity contribution in [3.8, 4) is 0 Å². The Morgan fingerprint density at radius 2 is 1.79 bits per heavy atom. The summed E-state index contributed by atoms with van der Waals surface area (Å²) in [6.45, 7) is 4.77. The van der Waals surface area contributed by atoms with Gasteiger partial charge in [0.25, 0.3) is 5.69 Å². The highest BCUT2D eigenvalue weighted by Gasteiger charge is 2.24. The molecule has 29 heavy (non-hydrogen) atoms. The summed E-state index contributed by atoms with van der Waals surface area (Å²) in [7, 11) is 0. The lowest BCUT2D eigenvalue weighted by molar-refractivity contribution is -0.383. The number of hydrogen-bond donors (Lipinski definition) is 0. The van der Waals surface area contributed by atoms with Crippen LogP contribution in [-0.4, -0.2) is 29.6 Å². The molecule has 1 heterocycles. The van der Waals surface area contributed by atoms with Gasteiger partial charge in [-0.1, -0.05) is 41.9 Å². The molecule has 0 unspecified atom stereocenters. The van der Waals surface area contributed by atoms with Crippen molar-refractivity contribution in [2.75, 3.05) is 24.6 Å². The smallest absolute Gasteiger partial charge is 0.277 e. The van der Waals surface area contributed by atoms with E-state index in [9.17, 15) is 10.1 Å². The van der Waals surface area contributed by atoms with Gasteiger partial charge < -0.3 is 5.01 Å². The Morgan fingerprint density at radius 3 is 2.55 bits per heavy atom. The molecule has 1 saturated heterocycles. The molecule has 0 amide bonds. The van der Waals surface area contributed by atoms with Gasteiger partial charge in [-0.3, -0.25) is 10.1 Å². The summed E-state index contributed by atoms with van der Waals surface area (Å²) in [5.74, 6) is 0. The SMILES string of the molecule is Cc1ccc(CCN2CCCCN2c2ccc([N+](=O)[O-])c3ccccc23)c(Cl)c1. The number of non-ortho nitro benzene ring substituents is 1. The van der Waals surface area contributed by atoms with Gasteiger partial charge in [-0.05, 0) is 55.5 Å². The zero-order valence-corrected chi connectivity index (χ0v) is 17.2. The fourth-order valence-corrected chi connectivity index (χ4v) is 4.41. The number of benzene rings is 3. The van der Waals surface area contributed by atoms with Crippen molar-refractivity contribution in [1.82, 2.24) is 5.01 Å². The maximum absolute atomic E-state index is 11.5. The van der Waals surface area contributed by atoms with E-state index < -0.39 is 0 Å². The Balaban J connectivity index is 1.64. The number of nitro benzene ring substituents is 1. The molecule has 0 aliphatic carbocycles. The second-order valence-corrected chi connectivity index (χ2v) is 7.94. The normalized spacial score (nSPS) is 15.0. The largest absolute Gasteiger partial charge is 0.305 e. The lowest BCUT2D eigenvalue weighted by atomic mass is 10.1. The quantitative estimate of drug-likeness (QED) is 0.396. The molecule has 1 fully saturated rings. The molecule has 0 saturated carbocycles. The third kappa shape index (κ3) is 4.07. The average molecular weight is 410 g/mol. The molecule has 1 aliphatic heterocycles. The third-order valence-corrected chi connectivity index (χ3v) is 5.93. The van der Waals surface area contributed by atoms with Gasteiger partial charge in [0.1, 0.15) is 0 Å². The van der Waals surface area contributed by atoms with Crippen LogP contribution in [0.25, 0.3) is 10.8 Å². The van der Waals surface area contributed by atoms with Gasteiger partial charge in [-0.15, -0.1) is 0 Å². The Morgan fingerprint density at radius 1 is 1.03 bits per heavy atom. The van der Waals surface area contributed by atoms with Crippen LogP contribution in [0, 0.1) is 17.0 Å². The monoisotopic (exact) mass is 409 g/mol. The summed E-state index contributed by atoms with van der Waals surface area (Å²) < 4.78 is 0. The predicted molar refractivity (Wildman–Crippen MR) is 119 cm³/mol. The number of nitrogens with zero attached hydrogens (tertiary/aromatic N) is 3. The second kappa shape index (κ2) is 8.39. The molecule has 0 atom stereocenters. The van der Waals surface area contributed by atoms with Gasteiger partial charge in [-0.25, -0.2) is 5.01 Å². The number of fused-ring (bicyclic) bond motifs is 1. The summed E-state index contributed by atoms with van der Waals surface area (Å²) >= 11 is 6.43. The molecule has 4 rings (SSSR count).